The Labute approximate surface area is 196 Å². The summed E-state index contributed by atoms with van der Waals surface area (Å²) in [5, 5.41) is 10.6. The molecule has 1 aliphatic rings. The third kappa shape index (κ3) is 6.05. The van der Waals surface area contributed by atoms with E-state index in [1.807, 2.05) is 6.07 Å². The van der Waals surface area contributed by atoms with Crippen LogP contribution in [0.3, 0.4) is 0 Å². The Balaban J connectivity index is 1.67. The Bertz CT molecular complexity index is 1040. The van der Waals surface area contributed by atoms with Crippen molar-refractivity contribution in [3.05, 3.63) is 72.2 Å². The van der Waals surface area contributed by atoms with Crippen LogP contribution >= 0.6 is 34.4 Å². The van der Waals surface area contributed by atoms with E-state index in [9.17, 15) is 19.7 Å². The number of hydrogen-bond acceptors (Lipinski definition) is 7. The number of methoxy groups -OCH3 is 1. The Morgan fingerprint density at radius 2 is 2.03 bits per heavy atom. The molecule has 1 aliphatic heterocycles. The minimum Gasteiger partial charge on any atom is -0.488 e. The highest BCUT2D eigenvalue weighted by Crippen LogP contribution is 2.33. The molecule has 0 saturated carbocycles. The first-order valence-corrected chi connectivity index (χ1v) is 11.2. The lowest BCUT2D eigenvalue weighted by molar-refractivity contribution is -0.384. The fraction of sp³-hybridized carbons (Fsp3) is 0.238. The molecule has 0 radical (unpaired) electrons. The zero-order chi connectivity index (χ0) is 22.4. The lowest BCUT2D eigenvalue weighted by Crippen LogP contribution is -2.29. The molecule has 0 atom stereocenters. The molecule has 0 aromatic heterocycles. The van der Waals surface area contributed by atoms with E-state index < -0.39 is 4.92 Å². The summed E-state index contributed by atoms with van der Waals surface area (Å²) in [5.74, 6) is 0.323. The van der Waals surface area contributed by atoms with Crippen molar-refractivity contribution in [2.24, 2.45) is 0 Å². The van der Waals surface area contributed by atoms with Gasteiger partial charge in [-0.25, -0.2) is 0 Å². The van der Waals surface area contributed by atoms with Crippen LogP contribution in [0.1, 0.15) is 17.5 Å². The molecule has 31 heavy (non-hydrogen) atoms. The monoisotopic (exact) mass is 554 g/mol. The summed E-state index contributed by atoms with van der Waals surface area (Å²) < 4.78 is 11.6. The fourth-order valence-electron chi connectivity index (χ4n) is 2.86. The predicted molar refractivity (Wildman–Crippen MR) is 126 cm³/mol. The van der Waals surface area contributed by atoms with Crippen LogP contribution in [0.5, 0.6) is 5.75 Å². The number of halogens is 1. The molecule has 0 unspecified atom stereocenters. The first-order chi connectivity index (χ1) is 14.9. The highest BCUT2D eigenvalue weighted by atomic mass is 127. The molecule has 162 valence electrons. The van der Waals surface area contributed by atoms with Gasteiger partial charge in [-0.2, -0.15) is 0 Å². The van der Waals surface area contributed by atoms with Gasteiger partial charge in [0.25, 0.3) is 16.8 Å². The molecule has 8 nitrogen and oxygen atoms in total. The van der Waals surface area contributed by atoms with Crippen LogP contribution in [0.15, 0.2) is 47.4 Å². The van der Waals surface area contributed by atoms with Gasteiger partial charge in [-0.3, -0.25) is 24.6 Å². The van der Waals surface area contributed by atoms with Crippen LogP contribution in [0.4, 0.5) is 10.5 Å². The highest BCUT2D eigenvalue weighted by molar-refractivity contribution is 14.1. The quantitative estimate of drug-likeness (QED) is 0.144. The van der Waals surface area contributed by atoms with Crippen LogP contribution in [0, 0.1) is 13.7 Å². The Hall–Kier alpha value is -2.44. The second kappa shape index (κ2) is 10.7. The number of carbonyl (C=O) groups excluding carboxylic acids is 2. The van der Waals surface area contributed by atoms with Crippen molar-refractivity contribution < 1.29 is 24.0 Å². The van der Waals surface area contributed by atoms with Crippen LogP contribution < -0.4 is 4.74 Å². The third-order valence-electron chi connectivity index (χ3n) is 4.37. The average Bonchev–Trinajstić information content (AvgIpc) is 3.01. The molecule has 1 heterocycles. The van der Waals surface area contributed by atoms with E-state index in [4.69, 9.17) is 9.47 Å². The van der Waals surface area contributed by atoms with Gasteiger partial charge in [0.2, 0.25) is 0 Å². The number of benzene rings is 2. The fourth-order valence-corrected chi connectivity index (χ4v) is 4.42. The first kappa shape index (κ1) is 23.2. The number of nitrogens with zero attached hydrogens (tertiary/aromatic N) is 2. The van der Waals surface area contributed by atoms with Gasteiger partial charge in [0.05, 0.1) is 13.4 Å². The number of nitro groups is 1. The number of amides is 2. The Kier molecular flexibility index (Phi) is 8.04. The molecule has 3 rings (SSSR count). The van der Waals surface area contributed by atoms with Gasteiger partial charge in [0, 0.05) is 32.4 Å². The summed E-state index contributed by atoms with van der Waals surface area (Å²) in [6.45, 7) is 1.01. The summed E-state index contributed by atoms with van der Waals surface area (Å²) in [6.07, 6.45) is 2.28. The molecule has 2 aromatic carbocycles. The number of imide groups is 1. The molecular formula is C21H19IN2O6S. The Morgan fingerprint density at radius 3 is 2.74 bits per heavy atom. The van der Waals surface area contributed by atoms with Gasteiger partial charge >= 0.3 is 0 Å². The predicted octanol–water partition coefficient (Wildman–Crippen LogP) is 4.85. The maximum Gasteiger partial charge on any atom is 0.293 e. The van der Waals surface area contributed by atoms with E-state index in [0.717, 1.165) is 20.9 Å². The molecular weight excluding hydrogens is 535 g/mol. The normalized spacial score (nSPS) is 15.0. The molecule has 1 saturated heterocycles. The topological polar surface area (TPSA) is 99.0 Å². The maximum absolute atomic E-state index is 12.5. The number of non-ortho nitro benzene ring substituents is 1. The molecule has 0 bridgehead atoms. The summed E-state index contributed by atoms with van der Waals surface area (Å²) in [4.78, 5) is 36.7. The molecule has 1 fully saturated rings. The highest BCUT2D eigenvalue weighted by Gasteiger charge is 2.34. The number of ether oxygens (including phenoxy) is 2. The van der Waals surface area contributed by atoms with E-state index in [1.54, 1.807) is 37.5 Å². The standard InChI is InChI=1S/C21H19IN2O6S/c1-29-9-3-8-23-20(25)19(31-21(23)26)12-14-6-7-18(17(22)11-14)30-13-15-4-2-5-16(10-15)24(27)28/h2,4-7,10-12H,3,8-9,13H2,1H3/b19-12+. The molecule has 0 N–H and O–H groups in total. The van der Waals surface area contributed by atoms with Gasteiger partial charge in [0.1, 0.15) is 12.4 Å². The maximum atomic E-state index is 12.5. The van der Waals surface area contributed by atoms with Crippen molar-refractivity contribution in [3.8, 4) is 5.75 Å². The summed E-state index contributed by atoms with van der Waals surface area (Å²) >= 11 is 3.05. The second-order valence-electron chi connectivity index (χ2n) is 6.59. The van der Waals surface area contributed by atoms with Crippen molar-refractivity contribution in [3.63, 3.8) is 0 Å². The van der Waals surface area contributed by atoms with Crippen LogP contribution in [0.2, 0.25) is 0 Å². The van der Waals surface area contributed by atoms with Gasteiger partial charge in [-0.05, 0) is 70.1 Å². The number of carbonyl (C=O) groups is 2. The van der Waals surface area contributed by atoms with Gasteiger partial charge in [-0.1, -0.05) is 18.2 Å². The smallest absolute Gasteiger partial charge is 0.293 e. The largest absolute Gasteiger partial charge is 0.488 e. The number of hydrogen-bond donors (Lipinski definition) is 0. The number of nitro benzene ring substituents is 1. The van der Waals surface area contributed by atoms with Gasteiger partial charge in [0.15, 0.2) is 0 Å². The van der Waals surface area contributed by atoms with Crippen LogP contribution in [0.25, 0.3) is 6.08 Å². The molecule has 10 heteroatoms. The third-order valence-corrected chi connectivity index (χ3v) is 6.12. The minimum atomic E-state index is -0.443. The van der Waals surface area contributed by atoms with E-state index >= 15 is 0 Å². The van der Waals surface area contributed by atoms with E-state index in [-0.39, 0.29) is 23.4 Å². The average molecular weight is 554 g/mol. The molecule has 0 spiro atoms. The van der Waals surface area contributed by atoms with Gasteiger partial charge < -0.3 is 9.47 Å². The summed E-state index contributed by atoms with van der Waals surface area (Å²) in [7, 11) is 1.58. The van der Waals surface area contributed by atoms with Gasteiger partial charge in [-0.15, -0.1) is 0 Å². The lowest BCUT2D eigenvalue weighted by Gasteiger charge is -2.11. The first-order valence-electron chi connectivity index (χ1n) is 9.29. The van der Waals surface area contributed by atoms with Crippen molar-refractivity contribution in [2.75, 3.05) is 20.3 Å². The molecule has 0 aliphatic carbocycles. The van der Waals surface area contributed by atoms with Crippen LogP contribution in [-0.4, -0.2) is 41.2 Å². The van der Waals surface area contributed by atoms with E-state index in [2.05, 4.69) is 22.6 Å². The van der Waals surface area contributed by atoms with E-state index in [1.165, 1.54) is 17.0 Å². The Morgan fingerprint density at radius 1 is 1.23 bits per heavy atom. The van der Waals surface area contributed by atoms with Crippen molar-refractivity contribution >= 4 is 57.3 Å². The van der Waals surface area contributed by atoms with Crippen molar-refractivity contribution in [2.45, 2.75) is 13.0 Å². The zero-order valence-electron chi connectivity index (χ0n) is 16.6. The van der Waals surface area contributed by atoms with Crippen LogP contribution in [-0.2, 0) is 16.1 Å². The zero-order valence-corrected chi connectivity index (χ0v) is 19.6. The minimum absolute atomic E-state index is 0.0160. The number of thioether (sulfide) groups is 1. The number of rotatable bonds is 9. The molecule has 2 amide bonds. The van der Waals surface area contributed by atoms with Crippen molar-refractivity contribution in [1.29, 1.82) is 0 Å². The summed E-state index contributed by atoms with van der Waals surface area (Å²) in [6, 6.07) is 11.7. The molecule has 2 aromatic rings. The lowest BCUT2D eigenvalue weighted by atomic mass is 10.2. The van der Waals surface area contributed by atoms with E-state index in [0.29, 0.717) is 35.8 Å². The summed E-state index contributed by atoms with van der Waals surface area (Å²) in [5.41, 5.74) is 1.48. The SMILES string of the molecule is COCCCN1C(=O)S/C(=C/c2ccc(OCc3cccc([N+](=O)[O-])c3)c(I)c2)C1=O. The van der Waals surface area contributed by atoms with Crippen molar-refractivity contribution in [1.82, 2.24) is 4.90 Å². The second-order valence-corrected chi connectivity index (χ2v) is 8.74.